The van der Waals surface area contributed by atoms with Gasteiger partial charge in [0.15, 0.2) is 0 Å². The fourth-order valence-electron chi connectivity index (χ4n) is 1.74. The van der Waals surface area contributed by atoms with E-state index in [1.807, 2.05) is 12.3 Å². The Morgan fingerprint density at radius 2 is 2.05 bits per heavy atom. The molecule has 1 heterocycles. The van der Waals surface area contributed by atoms with Gasteiger partial charge in [0.05, 0.1) is 22.1 Å². The average molecular weight is 454 g/mol. The molecule has 0 aliphatic heterocycles. The number of nitrogens with zero attached hydrogens (tertiary/aromatic N) is 2. The van der Waals surface area contributed by atoms with Crippen LogP contribution in [0.4, 0.5) is 0 Å². The van der Waals surface area contributed by atoms with Crippen LogP contribution in [0.5, 0.6) is 0 Å². The highest BCUT2D eigenvalue weighted by atomic mass is 79.9. The summed E-state index contributed by atoms with van der Waals surface area (Å²) in [4.78, 5) is 4.65. The zero-order valence-corrected chi connectivity index (χ0v) is 16.3. The first-order valence-electron chi connectivity index (χ1n) is 6.19. The first-order valence-corrected chi connectivity index (χ1v) is 10.1. The first kappa shape index (κ1) is 17.1. The van der Waals surface area contributed by atoms with E-state index >= 15 is 0 Å². The van der Waals surface area contributed by atoms with Crippen molar-refractivity contribution in [2.75, 3.05) is 7.05 Å². The molecule has 0 aliphatic rings. The first-order chi connectivity index (χ1) is 9.84. The SMILES string of the molecule is CCc1nc(CN(C)S(=O)(=O)c2cc(Br)ccc2Br)cs1. The molecule has 2 aromatic rings. The Bertz CT molecular complexity index is 744. The second-order valence-electron chi connectivity index (χ2n) is 4.42. The Labute approximate surface area is 145 Å². The van der Waals surface area contributed by atoms with E-state index in [1.165, 1.54) is 4.31 Å². The van der Waals surface area contributed by atoms with Crippen LogP contribution in [0.3, 0.4) is 0 Å². The topological polar surface area (TPSA) is 50.3 Å². The quantitative estimate of drug-likeness (QED) is 0.685. The van der Waals surface area contributed by atoms with Gasteiger partial charge in [0, 0.05) is 21.4 Å². The van der Waals surface area contributed by atoms with Crippen LogP contribution in [0.25, 0.3) is 0 Å². The zero-order chi connectivity index (χ0) is 15.6. The molecule has 0 N–H and O–H groups in total. The van der Waals surface area contributed by atoms with E-state index in [9.17, 15) is 8.42 Å². The van der Waals surface area contributed by atoms with Crippen molar-refractivity contribution in [3.05, 3.63) is 43.2 Å². The van der Waals surface area contributed by atoms with Gasteiger partial charge in [-0.25, -0.2) is 13.4 Å². The molecule has 21 heavy (non-hydrogen) atoms. The van der Waals surface area contributed by atoms with Gasteiger partial charge in [-0.05, 0) is 40.5 Å². The Balaban J connectivity index is 2.28. The number of benzene rings is 1. The van der Waals surface area contributed by atoms with Crippen molar-refractivity contribution in [3.63, 3.8) is 0 Å². The monoisotopic (exact) mass is 452 g/mol. The number of thiazole rings is 1. The van der Waals surface area contributed by atoms with Crippen LogP contribution in [-0.4, -0.2) is 24.8 Å². The molecule has 0 fully saturated rings. The molecule has 1 aromatic carbocycles. The van der Waals surface area contributed by atoms with Crippen molar-refractivity contribution < 1.29 is 8.42 Å². The summed E-state index contributed by atoms with van der Waals surface area (Å²) in [5, 5.41) is 2.92. The molecule has 0 aliphatic carbocycles. The van der Waals surface area contributed by atoms with E-state index in [-0.39, 0.29) is 11.4 Å². The summed E-state index contributed by atoms with van der Waals surface area (Å²) >= 11 is 8.15. The summed E-state index contributed by atoms with van der Waals surface area (Å²) in [7, 11) is -2.00. The maximum absolute atomic E-state index is 12.6. The second-order valence-corrected chi connectivity index (χ2v) is 9.15. The smallest absolute Gasteiger partial charge is 0.244 e. The maximum Gasteiger partial charge on any atom is 0.244 e. The predicted octanol–water partition coefficient (Wildman–Crippen LogP) is 4.05. The highest BCUT2D eigenvalue weighted by molar-refractivity contribution is 9.11. The van der Waals surface area contributed by atoms with Crippen LogP contribution in [0.2, 0.25) is 0 Å². The molecular formula is C13H14Br2N2O2S2. The largest absolute Gasteiger partial charge is 0.245 e. The molecule has 2 rings (SSSR count). The fraction of sp³-hybridized carbons (Fsp3) is 0.308. The molecule has 8 heteroatoms. The van der Waals surface area contributed by atoms with Crippen LogP contribution in [0.1, 0.15) is 17.6 Å². The number of halogens is 2. The minimum Gasteiger partial charge on any atom is -0.245 e. The molecule has 0 saturated heterocycles. The van der Waals surface area contributed by atoms with Crippen LogP contribution in [0, 0.1) is 0 Å². The van der Waals surface area contributed by atoms with Gasteiger partial charge in [0.1, 0.15) is 0 Å². The lowest BCUT2D eigenvalue weighted by molar-refractivity contribution is 0.462. The van der Waals surface area contributed by atoms with E-state index in [0.29, 0.717) is 4.47 Å². The summed E-state index contributed by atoms with van der Waals surface area (Å²) in [5.74, 6) is 0. The third-order valence-electron chi connectivity index (χ3n) is 2.87. The number of aromatic nitrogens is 1. The van der Waals surface area contributed by atoms with E-state index in [2.05, 4.69) is 36.8 Å². The molecular weight excluding hydrogens is 440 g/mol. The summed E-state index contributed by atoms with van der Waals surface area (Å²) in [6, 6.07) is 5.09. The number of aryl methyl sites for hydroxylation is 1. The summed E-state index contributed by atoms with van der Waals surface area (Å²) in [6.45, 7) is 2.29. The third-order valence-corrected chi connectivity index (χ3v) is 7.20. The maximum atomic E-state index is 12.6. The molecule has 0 bridgehead atoms. The molecule has 0 radical (unpaired) electrons. The summed E-state index contributed by atoms with van der Waals surface area (Å²) < 4.78 is 27.9. The molecule has 0 saturated carbocycles. The number of hydrogen-bond donors (Lipinski definition) is 0. The molecule has 0 unspecified atom stereocenters. The van der Waals surface area contributed by atoms with E-state index in [1.54, 1.807) is 36.6 Å². The van der Waals surface area contributed by atoms with Crippen LogP contribution < -0.4 is 0 Å². The van der Waals surface area contributed by atoms with Crippen molar-refractivity contribution in [1.82, 2.24) is 9.29 Å². The lowest BCUT2D eigenvalue weighted by atomic mass is 10.4. The normalized spacial score (nSPS) is 12.0. The van der Waals surface area contributed by atoms with Crippen molar-refractivity contribution >= 4 is 53.2 Å². The van der Waals surface area contributed by atoms with Crippen molar-refractivity contribution in [2.24, 2.45) is 0 Å². The van der Waals surface area contributed by atoms with E-state index in [0.717, 1.165) is 21.6 Å². The zero-order valence-electron chi connectivity index (χ0n) is 11.5. The van der Waals surface area contributed by atoms with Gasteiger partial charge in [0.25, 0.3) is 0 Å². The molecule has 0 amide bonds. The van der Waals surface area contributed by atoms with Crippen molar-refractivity contribution in [2.45, 2.75) is 24.8 Å². The van der Waals surface area contributed by atoms with Gasteiger partial charge in [-0.3, -0.25) is 0 Å². The molecule has 1 aromatic heterocycles. The van der Waals surface area contributed by atoms with Gasteiger partial charge in [-0.1, -0.05) is 22.9 Å². The standard InChI is InChI=1S/C13H14Br2N2O2S2/c1-3-13-16-10(8-20-13)7-17(2)21(18,19)12-6-9(14)4-5-11(12)15/h4-6,8H,3,7H2,1-2H3. The van der Waals surface area contributed by atoms with Crippen molar-refractivity contribution in [3.8, 4) is 0 Å². The van der Waals surface area contributed by atoms with Crippen LogP contribution >= 0.6 is 43.2 Å². The van der Waals surface area contributed by atoms with Crippen LogP contribution in [0.15, 0.2) is 37.4 Å². The van der Waals surface area contributed by atoms with Gasteiger partial charge >= 0.3 is 0 Å². The highest BCUT2D eigenvalue weighted by Crippen LogP contribution is 2.28. The Morgan fingerprint density at radius 3 is 2.67 bits per heavy atom. The van der Waals surface area contributed by atoms with Gasteiger partial charge in [0.2, 0.25) is 10.0 Å². The molecule has 0 spiro atoms. The number of sulfonamides is 1. The second kappa shape index (κ2) is 6.87. The highest BCUT2D eigenvalue weighted by Gasteiger charge is 2.24. The van der Waals surface area contributed by atoms with Gasteiger partial charge in [-0.15, -0.1) is 11.3 Å². The van der Waals surface area contributed by atoms with Crippen LogP contribution in [-0.2, 0) is 23.0 Å². The number of rotatable bonds is 5. The Kier molecular flexibility index (Phi) is 5.59. The van der Waals surface area contributed by atoms with Crippen molar-refractivity contribution in [1.29, 1.82) is 0 Å². The third kappa shape index (κ3) is 3.92. The number of hydrogen-bond acceptors (Lipinski definition) is 4. The van der Waals surface area contributed by atoms with E-state index in [4.69, 9.17) is 0 Å². The molecule has 0 atom stereocenters. The van der Waals surface area contributed by atoms with Gasteiger partial charge < -0.3 is 0 Å². The molecule has 114 valence electrons. The minimum atomic E-state index is -3.57. The fourth-order valence-corrected chi connectivity index (χ4v) is 5.08. The minimum absolute atomic E-state index is 0.241. The lowest BCUT2D eigenvalue weighted by Crippen LogP contribution is -2.27. The molecule has 4 nitrogen and oxygen atoms in total. The van der Waals surface area contributed by atoms with Gasteiger partial charge in [-0.2, -0.15) is 4.31 Å². The predicted molar refractivity (Wildman–Crippen MR) is 92.0 cm³/mol. The summed E-state index contributed by atoms with van der Waals surface area (Å²) in [6.07, 6.45) is 0.859. The average Bonchev–Trinajstić information content (AvgIpc) is 2.89. The lowest BCUT2D eigenvalue weighted by Gasteiger charge is -2.17. The Morgan fingerprint density at radius 1 is 1.33 bits per heavy atom. The summed E-state index contributed by atoms with van der Waals surface area (Å²) in [5.41, 5.74) is 0.772. The van der Waals surface area contributed by atoms with E-state index < -0.39 is 10.0 Å². The Hall–Kier alpha value is -0.280.